The van der Waals surface area contributed by atoms with Gasteiger partial charge >= 0.3 is 5.69 Å². The number of rotatable bonds is 5. The van der Waals surface area contributed by atoms with E-state index in [0.717, 1.165) is 6.07 Å². The number of carbonyl (C=O) groups is 1. The summed E-state index contributed by atoms with van der Waals surface area (Å²) in [6.45, 7) is -0.0762. The fourth-order valence-corrected chi connectivity index (χ4v) is 3.52. The number of primary sulfonamides is 1. The van der Waals surface area contributed by atoms with Crippen molar-refractivity contribution >= 4 is 38.9 Å². The van der Waals surface area contributed by atoms with Gasteiger partial charge in [0.25, 0.3) is 5.91 Å². The van der Waals surface area contributed by atoms with Crippen molar-refractivity contribution in [2.45, 2.75) is 11.3 Å². The average Bonchev–Trinajstić information content (AvgIpc) is 3.02. The maximum Gasteiger partial charge on any atom is 0.312 e. The van der Waals surface area contributed by atoms with E-state index in [1.165, 1.54) is 35.2 Å². The number of ether oxygens (including phenoxy) is 1. The van der Waals surface area contributed by atoms with Gasteiger partial charge in [-0.05, 0) is 42.3 Å². The van der Waals surface area contributed by atoms with Crippen LogP contribution in [0.3, 0.4) is 0 Å². The molecule has 0 atom stereocenters. The number of benzene rings is 2. The van der Waals surface area contributed by atoms with Crippen LogP contribution < -0.4 is 14.8 Å². The number of halogens is 1. The smallest absolute Gasteiger partial charge is 0.312 e. The first-order valence-electron chi connectivity index (χ1n) is 7.69. The van der Waals surface area contributed by atoms with Crippen LogP contribution in [0.25, 0.3) is 0 Å². The first-order chi connectivity index (χ1) is 12.7. The number of fused-ring (bicyclic) bond motifs is 1. The monoisotopic (exact) mass is 411 g/mol. The van der Waals surface area contributed by atoms with Gasteiger partial charge in [0.1, 0.15) is 0 Å². The molecule has 0 fully saturated rings. The zero-order valence-electron chi connectivity index (χ0n) is 13.8. The summed E-state index contributed by atoms with van der Waals surface area (Å²) in [7, 11) is -3.83. The Morgan fingerprint density at radius 1 is 1.30 bits per heavy atom. The third-order valence-electron chi connectivity index (χ3n) is 4.04. The summed E-state index contributed by atoms with van der Waals surface area (Å²) in [6, 6.07) is 8.15. The third-order valence-corrected chi connectivity index (χ3v) is 5.19. The minimum absolute atomic E-state index is 0.0245. The van der Waals surface area contributed by atoms with Crippen LogP contribution in [0.15, 0.2) is 41.3 Å². The Kier molecular flexibility index (Phi) is 5.05. The van der Waals surface area contributed by atoms with E-state index in [2.05, 4.69) is 0 Å². The van der Waals surface area contributed by atoms with Crippen molar-refractivity contribution in [1.82, 2.24) is 0 Å². The highest BCUT2D eigenvalue weighted by molar-refractivity contribution is 7.89. The van der Waals surface area contributed by atoms with Crippen molar-refractivity contribution in [2.24, 2.45) is 5.14 Å². The van der Waals surface area contributed by atoms with Gasteiger partial charge in [-0.25, -0.2) is 13.6 Å². The van der Waals surface area contributed by atoms with Crippen LogP contribution in [0.1, 0.15) is 5.56 Å². The molecule has 9 nitrogen and oxygen atoms in total. The van der Waals surface area contributed by atoms with Gasteiger partial charge in [-0.1, -0.05) is 11.6 Å². The van der Waals surface area contributed by atoms with Crippen molar-refractivity contribution in [3.05, 3.63) is 57.1 Å². The molecule has 0 bridgehead atoms. The van der Waals surface area contributed by atoms with Gasteiger partial charge in [0.15, 0.2) is 12.4 Å². The molecule has 0 spiro atoms. The zero-order valence-corrected chi connectivity index (χ0v) is 15.4. The number of anilines is 1. The molecule has 0 radical (unpaired) electrons. The minimum Gasteiger partial charge on any atom is -0.477 e. The van der Waals surface area contributed by atoms with E-state index in [4.69, 9.17) is 21.5 Å². The molecule has 27 heavy (non-hydrogen) atoms. The van der Waals surface area contributed by atoms with Crippen molar-refractivity contribution in [3.8, 4) is 5.75 Å². The van der Waals surface area contributed by atoms with Crippen LogP contribution in [0.4, 0.5) is 11.4 Å². The number of sulfonamides is 1. The summed E-state index contributed by atoms with van der Waals surface area (Å²) < 4.78 is 28.2. The van der Waals surface area contributed by atoms with Crippen LogP contribution in [-0.4, -0.2) is 32.4 Å². The number of carbonyl (C=O) groups excluding carboxylic acids is 1. The number of amides is 1. The van der Waals surface area contributed by atoms with Crippen LogP contribution in [0.2, 0.25) is 5.02 Å². The summed E-state index contributed by atoms with van der Waals surface area (Å²) in [5.74, 6) is -0.483. The van der Waals surface area contributed by atoms with Crippen molar-refractivity contribution < 1.29 is 22.9 Å². The highest BCUT2D eigenvalue weighted by Gasteiger charge is 2.27. The fourth-order valence-electron chi connectivity index (χ4n) is 2.79. The SMILES string of the molecule is NS(=O)(=O)c1ccc2c(c1)CCN2C(=O)COc1ccc(Cl)cc1[N+](=O)[O-]. The second-order valence-corrected chi connectivity index (χ2v) is 7.79. The molecule has 0 saturated heterocycles. The number of nitro groups is 1. The second kappa shape index (κ2) is 7.14. The summed E-state index contributed by atoms with van der Waals surface area (Å²) in [5, 5.41) is 16.4. The number of hydrogen-bond donors (Lipinski definition) is 1. The van der Waals surface area contributed by atoms with Crippen LogP contribution in [0, 0.1) is 10.1 Å². The molecule has 1 aliphatic heterocycles. The summed E-state index contributed by atoms with van der Waals surface area (Å²) in [4.78, 5) is 24.3. The quantitative estimate of drug-likeness (QED) is 0.589. The lowest BCUT2D eigenvalue weighted by Gasteiger charge is -2.17. The number of hydrogen-bond acceptors (Lipinski definition) is 6. The molecular weight excluding hydrogens is 398 g/mol. The Balaban J connectivity index is 1.76. The first-order valence-corrected chi connectivity index (χ1v) is 9.62. The maximum absolute atomic E-state index is 12.5. The molecule has 0 unspecified atom stereocenters. The first kappa shape index (κ1) is 19.1. The van der Waals surface area contributed by atoms with Crippen LogP contribution in [-0.2, 0) is 21.2 Å². The Bertz CT molecular complexity index is 1040. The molecular formula is C16H14ClN3O6S. The number of nitrogens with two attached hydrogens (primary N) is 1. The molecule has 2 N–H and O–H groups in total. The Labute approximate surface area is 159 Å². The predicted molar refractivity (Wildman–Crippen MR) is 97.5 cm³/mol. The topological polar surface area (TPSA) is 133 Å². The second-order valence-electron chi connectivity index (χ2n) is 5.79. The summed E-state index contributed by atoms with van der Waals surface area (Å²) >= 11 is 5.74. The molecule has 2 aromatic carbocycles. The largest absolute Gasteiger partial charge is 0.477 e. The van der Waals surface area contributed by atoms with E-state index in [9.17, 15) is 23.3 Å². The molecule has 142 valence electrons. The molecule has 0 saturated carbocycles. The van der Waals surface area contributed by atoms with Gasteiger partial charge in [0.2, 0.25) is 10.0 Å². The summed E-state index contributed by atoms with van der Waals surface area (Å²) in [6.07, 6.45) is 0.464. The van der Waals surface area contributed by atoms with Gasteiger partial charge in [0, 0.05) is 23.3 Å². The van der Waals surface area contributed by atoms with Crippen molar-refractivity contribution in [2.75, 3.05) is 18.1 Å². The van der Waals surface area contributed by atoms with E-state index in [1.807, 2.05) is 0 Å². The lowest BCUT2D eigenvalue weighted by atomic mass is 10.2. The molecule has 11 heteroatoms. The van der Waals surface area contributed by atoms with Crippen LogP contribution >= 0.6 is 11.6 Å². The van der Waals surface area contributed by atoms with Crippen molar-refractivity contribution in [1.29, 1.82) is 0 Å². The molecule has 1 amide bonds. The third kappa shape index (κ3) is 4.02. The molecule has 1 aliphatic rings. The predicted octanol–water partition coefficient (Wildman–Crippen LogP) is 1.86. The van der Waals surface area contributed by atoms with Gasteiger partial charge in [0.05, 0.1) is 9.82 Å². The van der Waals surface area contributed by atoms with Gasteiger partial charge < -0.3 is 9.64 Å². The van der Waals surface area contributed by atoms with Gasteiger partial charge in [-0.3, -0.25) is 14.9 Å². The van der Waals surface area contributed by atoms with E-state index in [1.54, 1.807) is 0 Å². The number of nitro benzene ring substituents is 1. The lowest BCUT2D eigenvalue weighted by molar-refractivity contribution is -0.385. The van der Waals surface area contributed by atoms with Gasteiger partial charge in [-0.2, -0.15) is 0 Å². The Morgan fingerprint density at radius 3 is 2.70 bits per heavy atom. The highest BCUT2D eigenvalue weighted by atomic mass is 35.5. The minimum atomic E-state index is -3.83. The van der Waals surface area contributed by atoms with Crippen LogP contribution in [0.5, 0.6) is 5.75 Å². The van der Waals surface area contributed by atoms with E-state index in [0.29, 0.717) is 24.2 Å². The molecule has 1 heterocycles. The van der Waals surface area contributed by atoms with Gasteiger partial charge in [-0.15, -0.1) is 0 Å². The van der Waals surface area contributed by atoms with E-state index in [-0.39, 0.29) is 21.4 Å². The molecule has 2 aromatic rings. The summed E-state index contributed by atoms with van der Waals surface area (Å²) in [5.41, 5.74) is 0.892. The number of nitrogens with zero attached hydrogens (tertiary/aromatic N) is 2. The maximum atomic E-state index is 12.5. The molecule has 3 rings (SSSR count). The fraction of sp³-hybridized carbons (Fsp3) is 0.188. The van der Waals surface area contributed by atoms with E-state index < -0.39 is 27.5 Å². The lowest BCUT2D eigenvalue weighted by Crippen LogP contribution is -2.33. The molecule has 0 aromatic heterocycles. The normalized spacial score (nSPS) is 13.3. The zero-order chi connectivity index (χ0) is 19.8. The average molecular weight is 412 g/mol. The highest BCUT2D eigenvalue weighted by Crippen LogP contribution is 2.32. The Morgan fingerprint density at radius 2 is 2.04 bits per heavy atom. The molecule has 0 aliphatic carbocycles. The Hall–Kier alpha value is -2.69. The standard InChI is InChI=1S/C16H14ClN3O6S/c17-11-1-4-15(14(8-11)20(22)23)26-9-16(21)19-6-5-10-7-12(27(18,24)25)2-3-13(10)19/h1-4,7-8H,5-6,9H2,(H2,18,24,25). The van der Waals surface area contributed by atoms with E-state index >= 15 is 0 Å². The van der Waals surface area contributed by atoms with Crippen molar-refractivity contribution in [3.63, 3.8) is 0 Å².